The Bertz CT molecular complexity index is 458. The second-order valence-electron chi connectivity index (χ2n) is 12.4. The summed E-state index contributed by atoms with van der Waals surface area (Å²) in [6.07, 6.45) is 48.0. The summed E-state index contributed by atoms with van der Waals surface area (Å²) in [7, 11) is 0. The van der Waals surface area contributed by atoms with E-state index in [0.29, 0.717) is 6.61 Å². The van der Waals surface area contributed by atoms with Crippen LogP contribution in [0.25, 0.3) is 0 Å². The zero-order valence-corrected chi connectivity index (χ0v) is 27.8. The molecule has 0 aliphatic rings. The molecule has 0 atom stereocenters. The Labute approximate surface area is 253 Å². The Morgan fingerprint density at radius 3 is 0.925 bits per heavy atom. The Morgan fingerprint density at radius 2 is 0.625 bits per heavy atom. The summed E-state index contributed by atoms with van der Waals surface area (Å²) in [5, 5.41) is 9.45. The minimum absolute atomic E-state index is 0.304. The summed E-state index contributed by atoms with van der Waals surface area (Å²) in [6, 6.07) is 0. The Balaban J connectivity index is 3.44. The molecule has 0 saturated heterocycles. The van der Waals surface area contributed by atoms with Crippen LogP contribution < -0.4 is 0 Å². The highest BCUT2D eigenvalue weighted by Gasteiger charge is 2.04. The predicted octanol–water partition coefficient (Wildman–Crippen LogP) is 12.4. The van der Waals surface area contributed by atoms with Crippen LogP contribution in [0.15, 0.2) is 24.3 Å². The predicted molar refractivity (Wildman–Crippen MR) is 182 cm³/mol. The van der Waals surface area contributed by atoms with E-state index in [4.69, 9.17) is 0 Å². The van der Waals surface area contributed by atoms with Crippen molar-refractivity contribution in [1.82, 2.24) is 4.90 Å². The second kappa shape index (κ2) is 36.4. The van der Waals surface area contributed by atoms with E-state index in [-0.39, 0.29) is 0 Å². The topological polar surface area (TPSA) is 23.5 Å². The van der Waals surface area contributed by atoms with E-state index in [1.54, 1.807) is 0 Å². The molecule has 238 valence electrons. The molecule has 1 N–H and O–H groups in total. The molecule has 0 aromatic rings. The summed E-state index contributed by atoms with van der Waals surface area (Å²) in [5.74, 6) is 0. The maximum atomic E-state index is 9.45. The average Bonchev–Trinajstić information content (AvgIpc) is 2.96. The highest BCUT2D eigenvalue weighted by atomic mass is 16.3. The lowest BCUT2D eigenvalue weighted by molar-refractivity contribution is 0.190. The number of unbranched alkanes of at least 4 members (excludes halogenated alkanes) is 24. The first-order valence-electron chi connectivity index (χ1n) is 18.5. The molecule has 0 aromatic carbocycles. The lowest BCUT2D eigenvalue weighted by atomic mass is 10.1. The van der Waals surface area contributed by atoms with Crippen molar-refractivity contribution in [2.24, 2.45) is 0 Å². The number of aliphatic hydroxyl groups is 1. The minimum atomic E-state index is 0.304. The number of aliphatic hydroxyl groups excluding tert-OH is 1. The largest absolute Gasteiger partial charge is 0.395 e. The van der Waals surface area contributed by atoms with Gasteiger partial charge in [-0.05, 0) is 77.3 Å². The van der Waals surface area contributed by atoms with E-state index >= 15 is 0 Å². The number of rotatable bonds is 34. The normalized spacial score (nSPS) is 12.1. The monoisotopic (exact) mass is 562 g/mol. The van der Waals surface area contributed by atoms with Gasteiger partial charge in [0.1, 0.15) is 0 Å². The lowest BCUT2D eigenvalue weighted by Gasteiger charge is -2.21. The standard InChI is InChI=1S/C38H75NO/c1-3-5-7-9-11-13-15-17-19-21-23-25-27-29-31-33-35-39(37-38-40)36-34-32-30-28-26-24-22-20-18-16-14-12-10-8-6-4-2/h17-20,40H,3-16,21-38H2,1-2H3. The van der Waals surface area contributed by atoms with Crippen LogP contribution in [0.4, 0.5) is 0 Å². The molecule has 2 heteroatoms. The van der Waals surface area contributed by atoms with Crippen molar-refractivity contribution in [3.05, 3.63) is 24.3 Å². The van der Waals surface area contributed by atoms with Gasteiger partial charge in [-0.25, -0.2) is 0 Å². The molecule has 0 heterocycles. The van der Waals surface area contributed by atoms with E-state index in [2.05, 4.69) is 43.1 Å². The molecule has 0 bridgehead atoms. The molecular weight excluding hydrogens is 486 g/mol. The Kier molecular flexibility index (Phi) is 35.9. The molecular formula is C38H75NO. The number of allylic oxidation sites excluding steroid dienone is 4. The first kappa shape index (κ1) is 39.4. The van der Waals surface area contributed by atoms with Gasteiger partial charge in [-0.1, -0.05) is 154 Å². The van der Waals surface area contributed by atoms with Gasteiger partial charge in [-0.15, -0.1) is 0 Å². The summed E-state index contributed by atoms with van der Waals surface area (Å²) in [5.41, 5.74) is 0. The molecule has 0 rings (SSSR count). The van der Waals surface area contributed by atoms with Crippen molar-refractivity contribution < 1.29 is 5.11 Å². The van der Waals surface area contributed by atoms with Crippen LogP contribution in [0.2, 0.25) is 0 Å². The zero-order chi connectivity index (χ0) is 29.0. The zero-order valence-electron chi connectivity index (χ0n) is 27.8. The van der Waals surface area contributed by atoms with E-state index in [1.165, 1.54) is 193 Å². The fourth-order valence-electron chi connectivity index (χ4n) is 5.64. The minimum Gasteiger partial charge on any atom is -0.395 e. The molecule has 0 unspecified atom stereocenters. The summed E-state index contributed by atoms with van der Waals surface area (Å²) < 4.78 is 0. The molecule has 0 aliphatic heterocycles. The third-order valence-electron chi connectivity index (χ3n) is 8.39. The van der Waals surface area contributed by atoms with Gasteiger partial charge in [0.15, 0.2) is 0 Å². The van der Waals surface area contributed by atoms with Crippen LogP contribution in [-0.4, -0.2) is 36.2 Å². The van der Waals surface area contributed by atoms with Crippen LogP contribution in [0.3, 0.4) is 0 Å². The van der Waals surface area contributed by atoms with Crippen molar-refractivity contribution in [2.45, 2.75) is 194 Å². The third kappa shape index (κ3) is 33.6. The number of hydrogen-bond donors (Lipinski definition) is 1. The summed E-state index contributed by atoms with van der Waals surface area (Å²) in [4.78, 5) is 2.50. The Hall–Kier alpha value is -0.600. The van der Waals surface area contributed by atoms with Crippen molar-refractivity contribution >= 4 is 0 Å². The smallest absolute Gasteiger partial charge is 0.0558 e. The highest BCUT2D eigenvalue weighted by molar-refractivity contribution is 4.82. The molecule has 40 heavy (non-hydrogen) atoms. The summed E-state index contributed by atoms with van der Waals surface area (Å²) in [6.45, 7) is 8.09. The fourth-order valence-corrected chi connectivity index (χ4v) is 5.64. The molecule has 0 fully saturated rings. The van der Waals surface area contributed by atoms with Gasteiger partial charge in [-0.2, -0.15) is 0 Å². The number of nitrogens with zero attached hydrogens (tertiary/aromatic N) is 1. The van der Waals surface area contributed by atoms with Gasteiger partial charge in [-0.3, -0.25) is 0 Å². The van der Waals surface area contributed by atoms with Crippen LogP contribution in [0.1, 0.15) is 194 Å². The molecule has 0 radical (unpaired) electrons. The first-order valence-corrected chi connectivity index (χ1v) is 18.5. The third-order valence-corrected chi connectivity index (χ3v) is 8.39. The van der Waals surface area contributed by atoms with E-state index < -0.39 is 0 Å². The van der Waals surface area contributed by atoms with Gasteiger partial charge in [0.25, 0.3) is 0 Å². The molecule has 0 amide bonds. The van der Waals surface area contributed by atoms with E-state index in [9.17, 15) is 5.11 Å². The van der Waals surface area contributed by atoms with Gasteiger partial charge in [0.05, 0.1) is 6.61 Å². The fraction of sp³-hybridized carbons (Fsp3) is 0.895. The van der Waals surface area contributed by atoms with Crippen LogP contribution >= 0.6 is 0 Å². The first-order chi connectivity index (χ1) is 19.8. The van der Waals surface area contributed by atoms with Crippen molar-refractivity contribution in [1.29, 1.82) is 0 Å². The van der Waals surface area contributed by atoms with Gasteiger partial charge < -0.3 is 10.0 Å². The highest BCUT2D eigenvalue weighted by Crippen LogP contribution is 2.12. The van der Waals surface area contributed by atoms with Crippen LogP contribution in [-0.2, 0) is 0 Å². The van der Waals surface area contributed by atoms with E-state index in [1.807, 2.05) is 0 Å². The summed E-state index contributed by atoms with van der Waals surface area (Å²) >= 11 is 0. The van der Waals surface area contributed by atoms with Crippen molar-refractivity contribution in [3.8, 4) is 0 Å². The SMILES string of the molecule is CCCCCCCCC=CCCCCCCCCN(CCO)CCCCCCCCC=CCCCCCCCC. The van der Waals surface area contributed by atoms with Gasteiger partial charge >= 0.3 is 0 Å². The average molecular weight is 562 g/mol. The maximum Gasteiger partial charge on any atom is 0.0558 e. The van der Waals surface area contributed by atoms with Crippen molar-refractivity contribution in [2.75, 3.05) is 26.2 Å². The van der Waals surface area contributed by atoms with Gasteiger partial charge in [0.2, 0.25) is 0 Å². The molecule has 0 spiro atoms. The maximum absolute atomic E-state index is 9.45. The van der Waals surface area contributed by atoms with Crippen LogP contribution in [0.5, 0.6) is 0 Å². The van der Waals surface area contributed by atoms with Crippen molar-refractivity contribution in [3.63, 3.8) is 0 Å². The van der Waals surface area contributed by atoms with Gasteiger partial charge in [0, 0.05) is 6.54 Å². The second-order valence-corrected chi connectivity index (χ2v) is 12.4. The number of hydrogen-bond acceptors (Lipinski definition) is 2. The van der Waals surface area contributed by atoms with Crippen LogP contribution in [0, 0.1) is 0 Å². The molecule has 2 nitrogen and oxygen atoms in total. The quantitative estimate of drug-likeness (QED) is 0.0623. The lowest BCUT2D eigenvalue weighted by Crippen LogP contribution is -2.29. The molecule has 0 aliphatic carbocycles. The molecule has 0 saturated carbocycles. The molecule has 0 aromatic heterocycles. The Morgan fingerprint density at radius 1 is 0.350 bits per heavy atom. The van der Waals surface area contributed by atoms with E-state index in [0.717, 1.165) is 6.54 Å².